The van der Waals surface area contributed by atoms with Crippen LogP contribution in [0.25, 0.3) is 11.1 Å². The SMILES string of the molecule is CC(C)(C)[Si](C)(C)OCc1cccc(-c2cnc(N3CC(OC4CCCCO4)C3)c(F)c2)c1F. The van der Waals surface area contributed by atoms with Gasteiger partial charge in [0.25, 0.3) is 0 Å². The van der Waals surface area contributed by atoms with Gasteiger partial charge < -0.3 is 18.8 Å². The predicted molar refractivity (Wildman–Crippen MR) is 132 cm³/mol. The first-order valence-electron chi connectivity index (χ1n) is 12.1. The molecule has 1 aromatic heterocycles. The van der Waals surface area contributed by atoms with E-state index in [-0.39, 0.29) is 35.7 Å². The molecule has 2 aromatic rings. The van der Waals surface area contributed by atoms with Gasteiger partial charge in [0.2, 0.25) is 0 Å². The molecule has 0 N–H and O–H groups in total. The fourth-order valence-corrected chi connectivity index (χ4v) is 4.88. The average molecular weight is 491 g/mol. The second-order valence-electron chi connectivity index (χ2n) is 10.8. The van der Waals surface area contributed by atoms with Gasteiger partial charge >= 0.3 is 0 Å². The fourth-order valence-electron chi connectivity index (χ4n) is 3.93. The lowest BCUT2D eigenvalue weighted by molar-refractivity contribution is -0.192. The largest absolute Gasteiger partial charge is 0.412 e. The van der Waals surface area contributed by atoms with Crippen molar-refractivity contribution in [3.8, 4) is 11.1 Å². The summed E-state index contributed by atoms with van der Waals surface area (Å²) in [6.45, 7) is 12.8. The van der Waals surface area contributed by atoms with Gasteiger partial charge in [0, 0.05) is 42.6 Å². The molecule has 3 heterocycles. The number of aromatic nitrogens is 1. The normalized spacial score (nSPS) is 19.9. The standard InChI is InChI=1S/C26H36F2N2O3Si/c1-26(2,3)34(4,5)32-17-18-9-8-10-21(24(18)28)19-13-22(27)25(29-14-19)30-15-20(16-30)33-23-11-6-7-12-31-23/h8-10,13-14,20,23H,6-7,11-12,15-17H2,1-5H3. The summed E-state index contributed by atoms with van der Waals surface area (Å²) in [6.07, 6.45) is 4.48. The zero-order valence-corrected chi connectivity index (χ0v) is 21.9. The van der Waals surface area contributed by atoms with E-state index in [9.17, 15) is 4.39 Å². The lowest BCUT2D eigenvalue weighted by Gasteiger charge is -2.41. The number of ether oxygens (including phenoxy) is 2. The van der Waals surface area contributed by atoms with Crippen molar-refractivity contribution in [2.24, 2.45) is 0 Å². The highest BCUT2D eigenvalue weighted by molar-refractivity contribution is 6.74. The minimum atomic E-state index is -2.02. The van der Waals surface area contributed by atoms with Gasteiger partial charge in [-0.05, 0) is 43.5 Å². The van der Waals surface area contributed by atoms with Crippen molar-refractivity contribution in [2.45, 2.75) is 77.2 Å². The molecule has 0 spiro atoms. The molecular formula is C26H36F2N2O3Si. The molecule has 1 unspecified atom stereocenters. The Hall–Kier alpha value is -1.87. The number of nitrogens with zero attached hydrogens (tertiary/aromatic N) is 2. The first-order valence-corrected chi connectivity index (χ1v) is 15.1. The summed E-state index contributed by atoms with van der Waals surface area (Å²) in [4.78, 5) is 6.16. The van der Waals surface area contributed by atoms with Gasteiger partial charge in [0.15, 0.2) is 26.2 Å². The Bertz CT molecular complexity index is 1000. The molecule has 0 amide bonds. The summed E-state index contributed by atoms with van der Waals surface area (Å²) in [5.74, 6) is -0.585. The number of rotatable bonds is 7. The van der Waals surface area contributed by atoms with Crippen LogP contribution >= 0.6 is 0 Å². The lowest BCUT2D eigenvalue weighted by atomic mass is 10.0. The highest BCUT2D eigenvalue weighted by atomic mass is 28.4. The van der Waals surface area contributed by atoms with E-state index < -0.39 is 14.1 Å². The number of pyridine rings is 1. The van der Waals surface area contributed by atoms with Crippen LogP contribution in [0.15, 0.2) is 30.5 Å². The minimum absolute atomic E-state index is 0.0130. The number of anilines is 1. The van der Waals surface area contributed by atoms with Crippen LogP contribution in [-0.4, -0.2) is 45.4 Å². The molecule has 4 rings (SSSR count). The third kappa shape index (κ3) is 5.51. The minimum Gasteiger partial charge on any atom is -0.412 e. The molecule has 0 aliphatic carbocycles. The van der Waals surface area contributed by atoms with Crippen molar-refractivity contribution in [1.82, 2.24) is 4.98 Å². The van der Waals surface area contributed by atoms with Crippen LogP contribution in [0, 0.1) is 11.6 Å². The number of halogens is 2. The van der Waals surface area contributed by atoms with Crippen LogP contribution in [0.4, 0.5) is 14.6 Å². The molecule has 0 saturated carbocycles. The molecule has 1 aromatic carbocycles. The average Bonchev–Trinajstić information content (AvgIpc) is 2.76. The Morgan fingerprint density at radius 3 is 2.59 bits per heavy atom. The van der Waals surface area contributed by atoms with Crippen LogP contribution in [0.2, 0.25) is 18.1 Å². The van der Waals surface area contributed by atoms with Crippen LogP contribution in [-0.2, 0) is 20.5 Å². The first-order chi connectivity index (χ1) is 16.0. The van der Waals surface area contributed by atoms with Crippen LogP contribution in [0.3, 0.4) is 0 Å². The summed E-state index contributed by atoms with van der Waals surface area (Å²) in [7, 11) is -2.02. The van der Waals surface area contributed by atoms with Gasteiger partial charge in [0.1, 0.15) is 5.82 Å². The molecule has 186 valence electrons. The molecular weight excluding hydrogens is 454 g/mol. The van der Waals surface area contributed by atoms with Crippen molar-refractivity contribution >= 4 is 14.1 Å². The summed E-state index contributed by atoms with van der Waals surface area (Å²) < 4.78 is 48.0. The van der Waals surface area contributed by atoms with Gasteiger partial charge in [-0.15, -0.1) is 0 Å². The van der Waals surface area contributed by atoms with E-state index in [1.54, 1.807) is 18.2 Å². The molecule has 0 bridgehead atoms. The molecule has 0 radical (unpaired) electrons. The topological polar surface area (TPSA) is 43.8 Å². The number of hydrogen-bond acceptors (Lipinski definition) is 5. The van der Waals surface area contributed by atoms with Crippen molar-refractivity contribution in [1.29, 1.82) is 0 Å². The van der Waals surface area contributed by atoms with E-state index in [4.69, 9.17) is 13.9 Å². The van der Waals surface area contributed by atoms with E-state index in [1.807, 2.05) is 4.90 Å². The highest BCUT2D eigenvalue weighted by Crippen LogP contribution is 2.37. The second kappa shape index (κ2) is 10.0. The van der Waals surface area contributed by atoms with Gasteiger partial charge in [-0.25, -0.2) is 13.8 Å². The Labute approximate surface area is 202 Å². The van der Waals surface area contributed by atoms with Crippen molar-refractivity contribution in [2.75, 3.05) is 24.6 Å². The summed E-state index contributed by atoms with van der Waals surface area (Å²) >= 11 is 0. The lowest BCUT2D eigenvalue weighted by Crippen LogP contribution is -2.54. The Kier molecular flexibility index (Phi) is 7.43. The summed E-state index contributed by atoms with van der Waals surface area (Å²) in [5, 5.41) is 0.0360. The van der Waals surface area contributed by atoms with Crippen molar-refractivity contribution < 1.29 is 22.7 Å². The van der Waals surface area contributed by atoms with Crippen molar-refractivity contribution in [3.05, 3.63) is 47.7 Å². The third-order valence-electron chi connectivity index (χ3n) is 7.24. The van der Waals surface area contributed by atoms with Crippen LogP contribution < -0.4 is 4.90 Å². The zero-order chi connectivity index (χ0) is 24.5. The van der Waals surface area contributed by atoms with Gasteiger partial charge in [-0.3, -0.25) is 0 Å². The second-order valence-corrected chi connectivity index (χ2v) is 15.6. The molecule has 5 nitrogen and oxygen atoms in total. The first kappa shape index (κ1) is 25.2. The van der Waals surface area contributed by atoms with E-state index >= 15 is 4.39 Å². The molecule has 2 aliphatic rings. The Morgan fingerprint density at radius 2 is 1.94 bits per heavy atom. The molecule has 2 aliphatic heterocycles. The Morgan fingerprint density at radius 1 is 1.18 bits per heavy atom. The monoisotopic (exact) mass is 490 g/mol. The molecule has 2 saturated heterocycles. The van der Waals surface area contributed by atoms with E-state index in [0.29, 0.717) is 29.8 Å². The quantitative estimate of drug-likeness (QED) is 0.427. The third-order valence-corrected chi connectivity index (χ3v) is 11.7. The summed E-state index contributed by atoms with van der Waals surface area (Å²) in [5.41, 5.74) is 1.21. The van der Waals surface area contributed by atoms with Crippen LogP contribution in [0.5, 0.6) is 0 Å². The van der Waals surface area contributed by atoms with E-state index in [2.05, 4.69) is 38.8 Å². The number of hydrogen-bond donors (Lipinski definition) is 0. The zero-order valence-electron chi connectivity index (χ0n) is 20.9. The van der Waals surface area contributed by atoms with E-state index in [1.165, 1.54) is 12.3 Å². The predicted octanol–water partition coefficient (Wildman–Crippen LogP) is 6.28. The van der Waals surface area contributed by atoms with Gasteiger partial charge in [0.05, 0.1) is 12.7 Å². The highest BCUT2D eigenvalue weighted by Gasteiger charge is 2.37. The van der Waals surface area contributed by atoms with E-state index in [0.717, 1.165) is 25.9 Å². The molecule has 8 heteroatoms. The van der Waals surface area contributed by atoms with Crippen LogP contribution in [0.1, 0.15) is 45.6 Å². The molecule has 1 atom stereocenters. The maximum atomic E-state index is 15.3. The maximum Gasteiger partial charge on any atom is 0.192 e. The molecule has 34 heavy (non-hydrogen) atoms. The summed E-state index contributed by atoms with van der Waals surface area (Å²) in [6, 6.07) is 6.51. The Balaban J connectivity index is 1.41. The molecule has 2 fully saturated rings. The smallest absolute Gasteiger partial charge is 0.192 e. The fraction of sp³-hybridized carbons (Fsp3) is 0.577. The number of benzene rings is 1. The van der Waals surface area contributed by atoms with Gasteiger partial charge in [-0.2, -0.15) is 0 Å². The maximum absolute atomic E-state index is 15.3. The van der Waals surface area contributed by atoms with Gasteiger partial charge in [-0.1, -0.05) is 39.0 Å². The van der Waals surface area contributed by atoms with Crippen molar-refractivity contribution in [3.63, 3.8) is 0 Å².